The molecule has 0 aliphatic carbocycles. The summed E-state index contributed by atoms with van der Waals surface area (Å²) in [7, 11) is -3.04. The molecule has 1 saturated heterocycles. The van der Waals surface area contributed by atoms with E-state index in [1.807, 2.05) is 0 Å². The van der Waals surface area contributed by atoms with Crippen molar-refractivity contribution in [2.75, 3.05) is 19.8 Å². The Labute approximate surface area is 89.8 Å². The zero-order chi connectivity index (χ0) is 11.5. The molecule has 5 nitrogen and oxygen atoms in total. The molecule has 6 heteroatoms. The second-order valence-corrected chi connectivity index (χ2v) is 6.78. The molecule has 0 aromatic rings. The summed E-state index contributed by atoms with van der Waals surface area (Å²) >= 11 is 0. The first-order valence-electron chi connectivity index (χ1n) is 5.14. The third-order valence-corrected chi connectivity index (χ3v) is 4.52. The standard InChI is InChI=1S/C9H18NO4P/c1-8(15(2,12)13)5-6-10-9(11)4-3-7-14-10/h8H,3-7H2,1-2H3,(H,12,13). The molecule has 1 aliphatic rings. The molecule has 1 N–H and O–H groups in total. The predicted molar refractivity (Wildman–Crippen MR) is 56.7 cm³/mol. The molecule has 1 fully saturated rings. The van der Waals surface area contributed by atoms with Crippen molar-refractivity contribution >= 4 is 13.3 Å². The topological polar surface area (TPSA) is 66.8 Å². The van der Waals surface area contributed by atoms with Crippen LogP contribution in [-0.2, 0) is 14.2 Å². The minimum atomic E-state index is -3.04. The third kappa shape index (κ3) is 3.93. The largest absolute Gasteiger partial charge is 0.344 e. The van der Waals surface area contributed by atoms with Gasteiger partial charge in [0.1, 0.15) is 0 Å². The molecular weight excluding hydrogens is 217 g/mol. The van der Waals surface area contributed by atoms with Crippen LogP contribution in [0.15, 0.2) is 0 Å². The van der Waals surface area contributed by atoms with E-state index in [0.29, 0.717) is 26.0 Å². The van der Waals surface area contributed by atoms with E-state index in [9.17, 15) is 14.3 Å². The molecule has 0 spiro atoms. The van der Waals surface area contributed by atoms with E-state index < -0.39 is 7.37 Å². The van der Waals surface area contributed by atoms with Crippen molar-refractivity contribution in [2.45, 2.75) is 31.8 Å². The summed E-state index contributed by atoms with van der Waals surface area (Å²) in [6.45, 7) is 4.02. The van der Waals surface area contributed by atoms with E-state index in [0.717, 1.165) is 6.42 Å². The summed E-state index contributed by atoms with van der Waals surface area (Å²) in [6, 6.07) is 0. The third-order valence-electron chi connectivity index (χ3n) is 2.63. The average molecular weight is 235 g/mol. The molecule has 88 valence electrons. The highest BCUT2D eigenvalue weighted by Gasteiger charge is 2.24. The number of carbonyl (C=O) groups is 1. The van der Waals surface area contributed by atoms with Crippen LogP contribution in [0.3, 0.4) is 0 Å². The van der Waals surface area contributed by atoms with Crippen LogP contribution in [0.4, 0.5) is 0 Å². The predicted octanol–water partition coefficient (Wildman–Crippen LogP) is 1.22. The molecule has 0 saturated carbocycles. The van der Waals surface area contributed by atoms with Crippen LogP contribution in [0.2, 0.25) is 0 Å². The normalized spacial score (nSPS) is 23.7. The number of nitrogens with zero attached hydrogens (tertiary/aromatic N) is 1. The van der Waals surface area contributed by atoms with Crippen molar-refractivity contribution in [3.63, 3.8) is 0 Å². The van der Waals surface area contributed by atoms with Gasteiger partial charge < -0.3 is 4.89 Å². The summed E-state index contributed by atoms with van der Waals surface area (Å²) in [5, 5.41) is 1.32. The zero-order valence-corrected chi connectivity index (χ0v) is 10.1. The summed E-state index contributed by atoms with van der Waals surface area (Å²) in [5.41, 5.74) is -0.296. The van der Waals surface area contributed by atoms with E-state index in [2.05, 4.69) is 0 Å². The van der Waals surface area contributed by atoms with E-state index in [1.165, 1.54) is 11.7 Å². The Morgan fingerprint density at radius 2 is 2.33 bits per heavy atom. The van der Waals surface area contributed by atoms with Crippen molar-refractivity contribution in [1.29, 1.82) is 0 Å². The van der Waals surface area contributed by atoms with Crippen molar-refractivity contribution in [1.82, 2.24) is 5.06 Å². The van der Waals surface area contributed by atoms with Gasteiger partial charge in [-0.05, 0) is 12.8 Å². The molecule has 15 heavy (non-hydrogen) atoms. The first-order valence-corrected chi connectivity index (χ1v) is 7.32. The summed E-state index contributed by atoms with van der Waals surface area (Å²) < 4.78 is 11.3. The number of hydroxylamine groups is 2. The highest BCUT2D eigenvalue weighted by Crippen LogP contribution is 2.43. The first-order chi connectivity index (χ1) is 6.91. The minimum absolute atomic E-state index is 0.0303. The van der Waals surface area contributed by atoms with Gasteiger partial charge in [-0.15, -0.1) is 0 Å². The SMILES string of the molecule is CC(CCN1OCCCC1=O)P(C)(=O)O. The number of rotatable bonds is 4. The van der Waals surface area contributed by atoms with Crippen molar-refractivity contribution in [3.05, 3.63) is 0 Å². The van der Waals surface area contributed by atoms with E-state index in [1.54, 1.807) is 6.92 Å². The second kappa shape index (κ2) is 5.10. The maximum atomic E-state index is 11.3. The van der Waals surface area contributed by atoms with Crippen LogP contribution in [0, 0.1) is 0 Å². The summed E-state index contributed by atoms with van der Waals surface area (Å²) in [5.74, 6) is -0.0303. The highest BCUT2D eigenvalue weighted by atomic mass is 31.2. The Bertz CT molecular complexity index is 275. The number of hydrogen-bond acceptors (Lipinski definition) is 3. The first kappa shape index (κ1) is 12.7. The van der Waals surface area contributed by atoms with Gasteiger partial charge in [-0.25, -0.2) is 5.06 Å². The number of hydrogen-bond donors (Lipinski definition) is 1. The van der Waals surface area contributed by atoms with Gasteiger partial charge in [-0.2, -0.15) is 0 Å². The fraction of sp³-hybridized carbons (Fsp3) is 0.889. The molecule has 1 rings (SSSR count). The molecule has 1 heterocycles. The van der Waals surface area contributed by atoms with E-state index in [4.69, 9.17) is 4.84 Å². The van der Waals surface area contributed by atoms with Crippen molar-refractivity contribution < 1.29 is 19.1 Å². The lowest BCUT2D eigenvalue weighted by Gasteiger charge is -2.27. The van der Waals surface area contributed by atoms with Crippen LogP contribution >= 0.6 is 7.37 Å². The maximum absolute atomic E-state index is 11.3. The summed E-state index contributed by atoms with van der Waals surface area (Å²) in [4.78, 5) is 25.8. The fourth-order valence-electron chi connectivity index (χ4n) is 1.33. The Morgan fingerprint density at radius 1 is 1.67 bits per heavy atom. The second-order valence-electron chi connectivity index (χ2n) is 4.01. The molecule has 1 aliphatic heterocycles. The van der Waals surface area contributed by atoms with Crippen LogP contribution in [0.25, 0.3) is 0 Å². The Hall–Kier alpha value is -0.380. The van der Waals surface area contributed by atoms with Crippen molar-refractivity contribution in [3.8, 4) is 0 Å². The van der Waals surface area contributed by atoms with Gasteiger partial charge in [0, 0.05) is 25.3 Å². The van der Waals surface area contributed by atoms with Gasteiger partial charge in [0.05, 0.1) is 6.61 Å². The van der Waals surface area contributed by atoms with Gasteiger partial charge in [0.25, 0.3) is 0 Å². The lowest BCUT2D eigenvalue weighted by atomic mass is 10.2. The lowest BCUT2D eigenvalue weighted by molar-refractivity contribution is -0.198. The van der Waals surface area contributed by atoms with Crippen LogP contribution in [-0.4, -0.2) is 41.3 Å². The minimum Gasteiger partial charge on any atom is -0.344 e. The zero-order valence-electron chi connectivity index (χ0n) is 9.18. The Morgan fingerprint density at radius 3 is 2.87 bits per heavy atom. The van der Waals surface area contributed by atoms with Gasteiger partial charge in [0.2, 0.25) is 5.91 Å². The molecule has 2 unspecified atom stereocenters. The summed E-state index contributed by atoms with van der Waals surface area (Å²) in [6.07, 6.45) is 1.77. The average Bonchev–Trinajstić information content (AvgIpc) is 2.14. The Balaban J connectivity index is 2.36. The molecule has 2 atom stereocenters. The van der Waals surface area contributed by atoms with Gasteiger partial charge in [0.15, 0.2) is 7.37 Å². The van der Waals surface area contributed by atoms with Crippen LogP contribution in [0.5, 0.6) is 0 Å². The smallest absolute Gasteiger partial charge is 0.246 e. The highest BCUT2D eigenvalue weighted by molar-refractivity contribution is 7.57. The molecule has 0 aromatic carbocycles. The molecule has 1 amide bonds. The number of carbonyl (C=O) groups excluding carboxylic acids is 1. The number of amides is 1. The van der Waals surface area contributed by atoms with Gasteiger partial charge >= 0.3 is 0 Å². The van der Waals surface area contributed by atoms with Gasteiger partial charge in [-0.3, -0.25) is 14.2 Å². The van der Waals surface area contributed by atoms with Gasteiger partial charge in [-0.1, -0.05) is 6.92 Å². The van der Waals surface area contributed by atoms with E-state index in [-0.39, 0.29) is 11.6 Å². The monoisotopic (exact) mass is 235 g/mol. The molecule has 0 bridgehead atoms. The van der Waals surface area contributed by atoms with Crippen LogP contribution < -0.4 is 0 Å². The fourth-order valence-corrected chi connectivity index (χ4v) is 1.92. The molecular formula is C9H18NO4P. The quantitative estimate of drug-likeness (QED) is 0.744. The molecule has 0 radical (unpaired) electrons. The van der Waals surface area contributed by atoms with E-state index >= 15 is 0 Å². The van der Waals surface area contributed by atoms with Crippen molar-refractivity contribution in [2.24, 2.45) is 0 Å². The van der Waals surface area contributed by atoms with Crippen LogP contribution in [0.1, 0.15) is 26.2 Å². The maximum Gasteiger partial charge on any atom is 0.246 e. The molecule has 0 aromatic heterocycles. The Kier molecular flexibility index (Phi) is 4.32. The lowest BCUT2D eigenvalue weighted by Crippen LogP contribution is -2.37.